The van der Waals surface area contributed by atoms with Crippen molar-refractivity contribution in [3.8, 4) is 0 Å². The molecule has 0 spiro atoms. The topological polar surface area (TPSA) is 76.1 Å². The van der Waals surface area contributed by atoms with E-state index in [1.165, 1.54) is 4.90 Å². The number of hydrogen-bond acceptors (Lipinski definition) is 6. The van der Waals surface area contributed by atoms with E-state index in [2.05, 4.69) is 15.9 Å². The summed E-state index contributed by atoms with van der Waals surface area (Å²) in [7, 11) is 0.572. The molecule has 2 aliphatic rings. The molecule has 1 aliphatic carbocycles. The van der Waals surface area contributed by atoms with Gasteiger partial charge in [-0.1, -0.05) is 15.9 Å². The molecule has 0 amide bonds. The van der Waals surface area contributed by atoms with Crippen LogP contribution in [0.15, 0.2) is 0 Å². The van der Waals surface area contributed by atoms with E-state index in [4.69, 9.17) is 9.31 Å². The first-order chi connectivity index (χ1) is 8.47. The largest absolute Gasteiger partial charge is 0.615 e. The zero-order valence-electron chi connectivity index (χ0n) is 10.0. The van der Waals surface area contributed by atoms with Crippen LogP contribution in [0.25, 0.3) is 0 Å². The van der Waals surface area contributed by atoms with Crippen molar-refractivity contribution in [3.63, 3.8) is 0 Å². The lowest BCUT2D eigenvalue weighted by Gasteiger charge is -2.26. The number of alkyl halides is 1. The average Bonchev–Trinajstić information content (AvgIpc) is 3.07. The number of rotatable bonds is 3. The van der Waals surface area contributed by atoms with Crippen LogP contribution in [0.3, 0.4) is 0 Å². The molecule has 1 aliphatic heterocycles. The van der Waals surface area contributed by atoms with Gasteiger partial charge in [0.15, 0.2) is 0 Å². The molecule has 6 nitrogen and oxygen atoms in total. The van der Waals surface area contributed by atoms with E-state index in [0.29, 0.717) is 0 Å². The molecule has 0 bridgehead atoms. The summed E-state index contributed by atoms with van der Waals surface area (Å²) in [4.78, 5) is 24.6. The third kappa shape index (κ3) is 3.46. The summed E-state index contributed by atoms with van der Waals surface area (Å²) >= 11 is 3.26. The minimum absolute atomic E-state index is 0.0326. The molecule has 1 saturated carbocycles. The minimum atomic E-state index is -1.06. The number of aliphatic hydroxyl groups is 1. The number of carbonyl (C=O) groups excluding carboxylic acids is 2. The van der Waals surface area contributed by atoms with Gasteiger partial charge in [0.05, 0.1) is 19.2 Å². The van der Waals surface area contributed by atoms with Crippen LogP contribution < -0.4 is 0 Å². The van der Waals surface area contributed by atoms with Gasteiger partial charge in [-0.2, -0.15) is 0 Å². The van der Waals surface area contributed by atoms with Crippen LogP contribution in [0, 0.1) is 5.92 Å². The molecule has 18 heavy (non-hydrogen) atoms. The average molecular weight is 320 g/mol. The van der Waals surface area contributed by atoms with Gasteiger partial charge in [-0.15, -0.1) is 0 Å². The van der Waals surface area contributed by atoms with Gasteiger partial charge in [0.1, 0.15) is 4.73 Å². The number of hydrogen-bond donors (Lipinski definition) is 1. The second-order valence-electron chi connectivity index (χ2n) is 4.79. The highest BCUT2D eigenvalue weighted by Gasteiger charge is 2.46. The second kappa shape index (κ2) is 5.58. The maximum absolute atomic E-state index is 11.5. The molecule has 2 rings (SSSR count). The zero-order chi connectivity index (χ0) is 13.3. The highest BCUT2D eigenvalue weighted by atomic mass is 79.9. The lowest BCUT2D eigenvalue weighted by Crippen LogP contribution is -2.49. The molecule has 2 fully saturated rings. The molecule has 8 heteroatoms. The second-order valence-corrected chi connectivity index (χ2v) is 5.85. The fraction of sp³-hybridized carbons (Fsp3) is 0.800. The summed E-state index contributed by atoms with van der Waals surface area (Å²) in [6.07, 6.45) is 1.22. The van der Waals surface area contributed by atoms with Crippen molar-refractivity contribution >= 4 is 35.0 Å². The molecule has 1 heterocycles. The van der Waals surface area contributed by atoms with E-state index in [1.54, 1.807) is 7.05 Å². The van der Waals surface area contributed by atoms with Crippen LogP contribution in [-0.4, -0.2) is 60.0 Å². The number of carbonyl (C=O) groups is 2. The molecule has 2 atom stereocenters. The predicted molar refractivity (Wildman–Crippen MR) is 66.9 cm³/mol. The fourth-order valence-corrected chi connectivity index (χ4v) is 2.49. The molecular weight excluding hydrogens is 305 g/mol. The summed E-state index contributed by atoms with van der Waals surface area (Å²) in [5.41, 5.74) is 0. The highest BCUT2D eigenvalue weighted by molar-refractivity contribution is 9.10. The molecule has 0 radical (unpaired) electrons. The molecule has 0 aromatic carbocycles. The molecule has 1 N–H and O–H groups in total. The quantitative estimate of drug-likeness (QED) is 0.562. The van der Waals surface area contributed by atoms with Gasteiger partial charge >= 0.3 is 19.1 Å². The SMILES string of the molecule is CN1CC(=O)OB([C@@H](Br)[C@@H](O)C2CC2)OC(=O)C1. The Labute approximate surface area is 114 Å². The summed E-state index contributed by atoms with van der Waals surface area (Å²) in [5, 5.41) is 9.96. The first kappa shape index (κ1) is 13.8. The lowest BCUT2D eigenvalue weighted by atomic mass is 9.79. The molecule has 100 valence electrons. The van der Waals surface area contributed by atoms with E-state index in [0.717, 1.165) is 12.8 Å². The molecule has 0 aromatic heterocycles. The van der Waals surface area contributed by atoms with Crippen LogP contribution >= 0.6 is 15.9 Å². The third-order valence-corrected chi connectivity index (χ3v) is 3.96. The smallest absolute Gasteiger partial charge is 0.497 e. The Morgan fingerprint density at radius 3 is 2.28 bits per heavy atom. The van der Waals surface area contributed by atoms with Crippen molar-refractivity contribution in [1.82, 2.24) is 4.90 Å². The van der Waals surface area contributed by atoms with Crippen molar-refractivity contribution in [2.45, 2.75) is 23.7 Å². The van der Waals surface area contributed by atoms with Gasteiger partial charge in [-0.05, 0) is 25.8 Å². The van der Waals surface area contributed by atoms with E-state index in [9.17, 15) is 14.7 Å². The van der Waals surface area contributed by atoms with Crippen LogP contribution in [0.5, 0.6) is 0 Å². The van der Waals surface area contributed by atoms with Crippen molar-refractivity contribution in [1.29, 1.82) is 0 Å². The number of likely N-dealkylation sites (N-methyl/N-ethyl adjacent to an activating group) is 1. The zero-order valence-corrected chi connectivity index (χ0v) is 11.6. The summed E-state index contributed by atoms with van der Waals surface area (Å²) < 4.78 is 9.54. The standard InChI is InChI=1S/C10H15BBrNO5/c1-13-4-7(14)17-11(18-8(15)5-13)10(12)9(16)6-2-3-6/h6,9-10,16H,2-5H2,1H3/t9-,10-/m0/s1. The lowest BCUT2D eigenvalue weighted by molar-refractivity contribution is -0.145. The van der Waals surface area contributed by atoms with Crippen LogP contribution in [0.4, 0.5) is 0 Å². The molecule has 0 aromatic rings. The number of nitrogens with zero attached hydrogens (tertiary/aromatic N) is 1. The normalized spacial score (nSPS) is 25.8. The van der Waals surface area contributed by atoms with Gasteiger partial charge in [-0.3, -0.25) is 14.5 Å². The molecule has 1 saturated heterocycles. The van der Waals surface area contributed by atoms with Gasteiger partial charge < -0.3 is 14.4 Å². The monoisotopic (exact) mass is 319 g/mol. The van der Waals surface area contributed by atoms with Crippen molar-refractivity contribution in [3.05, 3.63) is 0 Å². The summed E-state index contributed by atoms with van der Waals surface area (Å²) in [6.45, 7) is 0.0652. The molecular formula is C10H15BBrNO5. The van der Waals surface area contributed by atoms with Gasteiger partial charge in [0, 0.05) is 0 Å². The fourth-order valence-electron chi connectivity index (χ4n) is 1.84. The maximum Gasteiger partial charge on any atom is 0.615 e. The van der Waals surface area contributed by atoms with Crippen molar-refractivity contribution in [2.75, 3.05) is 20.1 Å². The first-order valence-electron chi connectivity index (χ1n) is 5.87. The first-order valence-corrected chi connectivity index (χ1v) is 6.78. The predicted octanol–water partition coefficient (Wildman–Crippen LogP) is -0.420. The maximum atomic E-state index is 11.5. The third-order valence-electron chi connectivity index (χ3n) is 2.98. The van der Waals surface area contributed by atoms with Crippen LogP contribution in [-0.2, 0) is 18.9 Å². The Morgan fingerprint density at radius 2 is 1.83 bits per heavy atom. The Bertz CT molecular complexity index is 331. The van der Waals surface area contributed by atoms with Crippen LogP contribution in [0.1, 0.15) is 12.8 Å². The van der Waals surface area contributed by atoms with E-state index in [-0.39, 0.29) is 19.0 Å². The Hall–Kier alpha value is -0.595. The van der Waals surface area contributed by atoms with Crippen molar-refractivity contribution in [2.24, 2.45) is 5.92 Å². The minimum Gasteiger partial charge on any atom is -0.497 e. The Balaban J connectivity index is 2.00. The summed E-state index contributed by atoms with van der Waals surface area (Å²) in [5.74, 6) is -0.746. The van der Waals surface area contributed by atoms with Gasteiger partial charge in [0.2, 0.25) is 0 Å². The van der Waals surface area contributed by atoms with Crippen molar-refractivity contribution < 1.29 is 24.0 Å². The molecule has 0 unspecified atom stereocenters. The number of aliphatic hydroxyl groups excluding tert-OH is 1. The Morgan fingerprint density at radius 1 is 1.33 bits per heavy atom. The van der Waals surface area contributed by atoms with Gasteiger partial charge in [0.25, 0.3) is 0 Å². The highest BCUT2D eigenvalue weighted by Crippen LogP contribution is 2.36. The summed E-state index contributed by atoms with van der Waals surface area (Å²) in [6, 6.07) is 0. The van der Waals surface area contributed by atoms with E-state index in [1.807, 2.05) is 0 Å². The van der Waals surface area contributed by atoms with Gasteiger partial charge in [-0.25, -0.2) is 0 Å². The van der Waals surface area contributed by atoms with E-state index >= 15 is 0 Å². The number of halogens is 1. The van der Waals surface area contributed by atoms with Crippen LogP contribution in [0.2, 0.25) is 0 Å². The Kier molecular flexibility index (Phi) is 4.29. The van der Waals surface area contributed by atoms with E-state index < -0.39 is 29.9 Å².